The van der Waals surface area contributed by atoms with E-state index in [2.05, 4.69) is 6.92 Å². The molecule has 0 aromatic rings. The topological polar surface area (TPSA) is 73.8 Å². The van der Waals surface area contributed by atoms with Crippen LogP contribution in [0.15, 0.2) is 0 Å². The van der Waals surface area contributed by atoms with Crippen LogP contribution < -0.4 is 0 Å². The molecule has 0 saturated heterocycles. The van der Waals surface area contributed by atoms with E-state index >= 15 is 0 Å². The molecule has 0 unspecified atom stereocenters. The molecule has 9 heteroatoms. The maximum absolute atomic E-state index is 11.8. The van der Waals surface area contributed by atoms with Gasteiger partial charge in [0.2, 0.25) is 0 Å². The van der Waals surface area contributed by atoms with Crippen LogP contribution in [0.2, 0.25) is 0 Å². The van der Waals surface area contributed by atoms with Crippen molar-refractivity contribution in [3.05, 3.63) is 0 Å². The number of hydrogen-bond acceptors (Lipinski definition) is 8. The van der Waals surface area contributed by atoms with Crippen LogP contribution in [-0.2, 0) is 37.9 Å². The molecule has 8 nitrogen and oxygen atoms in total. The summed E-state index contributed by atoms with van der Waals surface area (Å²) in [5, 5.41) is 0. The van der Waals surface area contributed by atoms with Gasteiger partial charge in [-0.1, -0.05) is 13.3 Å². The number of rotatable bonds is 26. The van der Waals surface area contributed by atoms with E-state index in [9.17, 15) is 4.39 Å². The van der Waals surface area contributed by atoms with Crippen molar-refractivity contribution in [3.8, 4) is 0 Å². The highest BCUT2D eigenvalue weighted by Gasteiger charge is 1.95. The zero-order valence-electron chi connectivity index (χ0n) is 18.1. The first-order valence-electron chi connectivity index (χ1n) is 10.6. The molecular weight excluding hydrogens is 387 g/mol. The minimum absolute atomic E-state index is 0.123. The van der Waals surface area contributed by atoms with Crippen LogP contribution in [-0.4, -0.2) is 112 Å². The first kappa shape index (κ1) is 28.6. The lowest BCUT2D eigenvalue weighted by Crippen LogP contribution is -2.15. The third-order valence-corrected chi connectivity index (χ3v) is 3.47. The Morgan fingerprint density at radius 3 is 0.862 bits per heavy atom. The first-order valence-corrected chi connectivity index (χ1v) is 10.6. The summed E-state index contributed by atoms with van der Waals surface area (Å²) in [4.78, 5) is 0. The maximum atomic E-state index is 11.8. The number of unbranched alkanes of at least 4 members (excludes halogenated alkanes) is 1. The Balaban J connectivity index is 2.97. The van der Waals surface area contributed by atoms with E-state index in [4.69, 9.17) is 37.9 Å². The Kier molecular flexibility index (Phi) is 27.2. The molecule has 0 bridgehead atoms. The second-order valence-electron chi connectivity index (χ2n) is 5.94. The van der Waals surface area contributed by atoms with Gasteiger partial charge < -0.3 is 37.9 Å². The molecule has 0 aliphatic carbocycles. The Hall–Kier alpha value is -0.390. The first-order chi connectivity index (χ1) is 14.4. The summed E-state index contributed by atoms with van der Waals surface area (Å²) in [5.41, 5.74) is 0. The van der Waals surface area contributed by atoms with E-state index in [1.54, 1.807) is 0 Å². The monoisotopic (exact) mass is 428 g/mol. The van der Waals surface area contributed by atoms with Gasteiger partial charge in [0.15, 0.2) is 0 Å². The van der Waals surface area contributed by atoms with Gasteiger partial charge in [-0.05, 0) is 6.42 Å². The molecule has 0 N–H and O–H groups in total. The van der Waals surface area contributed by atoms with Gasteiger partial charge in [-0.2, -0.15) is 0 Å². The van der Waals surface area contributed by atoms with Crippen LogP contribution in [0.5, 0.6) is 0 Å². The van der Waals surface area contributed by atoms with Crippen molar-refractivity contribution in [1.29, 1.82) is 0 Å². The van der Waals surface area contributed by atoms with Gasteiger partial charge in [-0.25, -0.2) is 4.39 Å². The number of hydrogen-bond donors (Lipinski definition) is 0. The fourth-order valence-electron chi connectivity index (χ4n) is 1.94. The third kappa shape index (κ3) is 27.6. The van der Waals surface area contributed by atoms with Crippen LogP contribution in [0, 0.1) is 0 Å². The van der Waals surface area contributed by atoms with Crippen molar-refractivity contribution >= 4 is 0 Å². The summed E-state index contributed by atoms with van der Waals surface area (Å²) in [5.74, 6) is 0. The van der Waals surface area contributed by atoms with Crippen LogP contribution in [0.25, 0.3) is 0 Å². The summed E-state index contributed by atoms with van der Waals surface area (Å²) in [7, 11) is 0. The van der Waals surface area contributed by atoms with Crippen LogP contribution >= 0.6 is 0 Å². The Morgan fingerprint density at radius 2 is 0.621 bits per heavy atom. The second kappa shape index (κ2) is 27.6. The largest absolute Gasteiger partial charge is 0.379 e. The molecule has 176 valence electrons. The van der Waals surface area contributed by atoms with Gasteiger partial charge in [0.25, 0.3) is 0 Å². The van der Waals surface area contributed by atoms with Gasteiger partial charge in [-0.15, -0.1) is 0 Å². The fourth-order valence-corrected chi connectivity index (χ4v) is 1.94. The predicted octanol–water partition coefficient (Wildman–Crippen LogP) is 1.89. The predicted molar refractivity (Wildman–Crippen MR) is 107 cm³/mol. The van der Waals surface area contributed by atoms with E-state index in [1.807, 2.05) is 0 Å². The van der Waals surface area contributed by atoms with Gasteiger partial charge in [0, 0.05) is 6.61 Å². The number of ether oxygens (including phenoxy) is 8. The molecule has 0 aromatic heterocycles. The van der Waals surface area contributed by atoms with Gasteiger partial charge in [0.1, 0.15) is 6.67 Å². The summed E-state index contributed by atoms with van der Waals surface area (Å²) in [6, 6.07) is 0. The maximum Gasteiger partial charge on any atom is 0.113 e. The number of alkyl halides is 1. The lowest BCUT2D eigenvalue weighted by atomic mass is 10.4. The fraction of sp³-hybridized carbons (Fsp3) is 1.00. The van der Waals surface area contributed by atoms with Crippen LogP contribution in [0.3, 0.4) is 0 Å². The summed E-state index contributed by atoms with van der Waals surface area (Å²) < 4.78 is 54.3. The van der Waals surface area contributed by atoms with Crippen molar-refractivity contribution < 1.29 is 42.3 Å². The third-order valence-electron chi connectivity index (χ3n) is 3.47. The molecular formula is C20H41FO8. The zero-order chi connectivity index (χ0) is 21.1. The Bertz CT molecular complexity index is 261. The van der Waals surface area contributed by atoms with E-state index in [0.29, 0.717) is 92.5 Å². The normalized spacial score (nSPS) is 11.4. The summed E-state index contributed by atoms with van der Waals surface area (Å²) in [6.07, 6.45) is 2.24. The van der Waals surface area contributed by atoms with Crippen molar-refractivity contribution in [2.45, 2.75) is 19.8 Å². The minimum Gasteiger partial charge on any atom is -0.379 e. The number of halogens is 1. The Morgan fingerprint density at radius 1 is 0.379 bits per heavy atom. The SMILES string of the molecule is CCCCOCCOCCOCCOCCOCCOCCOCCOCCF. The molecule has 29 heavy (non-hydrogen) atoms. The lowest BCUT2D eigenvalue weighted by Gasteiger charge is -2.08. The molecule has 0 aromatic carbocycles. The van der Waals surface area contributed by atoms with Crippen molar-refractivity contribution in [2.75, 3.05) is 112 Å². The van der Waals surface area contributed by atoms with Crippen molar-refractivity contribution in [3.63, 3.8) is 0 Å². The smallest absolute Gasteiger partial charge is 0.113 e. The van der Waals surface area contributed by atoms with Crippen molar-refractivity contribution in [2.24, 2.45) is 0 Å². The molecule has 0 spiro atoms. The molecule has 0 radical (unpaired) electrons. The summed E-state index contributed by atoms with van der Waals surface area (Å²) in [6.45, 7) is 9.95. The van der Waals surface area contributed by atoms with E-state index in [0.717, 1.165) is 19.4 Å². The van der Waals surface area contributed by atoms with E-state index in [1.165, 1.54) is 0 Å². The average molecular weight is 429 g/mol. The van der Waals surface area contributed by atoms with Crippen LogP contribution in [0.4, 0.5) is 4.39 Å². The van der Waals surface area contributed by atoms with Crippen molar-refractivity contribution in [1.82, 2.24) is 0 Å². The molecule has 0 heterocycles. The molecule has 0 atom stereocenters. The van der Waals surface area contributed by atoms with E-state index in [-0.39, 0.29) is 6.61 Å². The summed E-state index contributed by atoms with van der Waals surface area (Å²) >= 11 is 0. The van der Waals surface area contributed by atoms with Gasteiger partial charge >= 0.3 is 0 Å². The molecule has 0 rings (SSSR count). The van der Waals surface area contributed by atoms with Gasteiger partial charge in [-0.3, -0.25) is 0 Å². The van der Waals surface area contributed by atoms with Crippen LogP contribution in [0.1, 0.15) is 19.8 Å². The second-order valence-corrected chi connectivity index (χ2v) is 5.94. The molecule has 0 aliphatic rings. The minimum atomic E-state index is -0.465. The highest BCUT2D eigenvalue weighted by molar-refractivity contribution is 4.38. The quantitative estimate of drug-likeness (QED) is 0.193. The molecule has 0 fully saturated rings. The average Bonchev–Trinajstić information content (AvgIpc) is 2.74. The highest BCUT2D eigenvalue weighted by atomic mass is 19.1. The standard InChI is InChI=1S/C20H41FO8/c1-2-3-5-22-7-9-24-11-13-26-15-17-28-19-20-29-18-16-27-14-12-25-10-8-23-6-4-21/h2-20H2,1H3. The molecule has 0 amide bonds. The van der Waals surface area contributed by atoms with E-state index < -0.39 is 6.67 Å². The molecule has 0 saturated carbocycles. The Labute approximate surface area is 175 Å². The highest BCUT2D eigenvalue weighted by Crippen LogP contribution is 1.88. The van der Waals surface area contributed by atoms with Gasteiger partial charge in [0.05, 0.1) is 99.1 Å². The molecule has 0 aliphatic heterocycles. The lowest BCUT2D eigenvalue weighted by molar-refractivity contribution is -0.0233. The zero-order valence-corrected chi connectivity index (χ0v) is 18.1.